The Balaban J connectivity index is 1.83. The highest BCUT2D eigenvalue weighted by atomic mass is 28.4. The van der Waals surface area contributed by atoms with Gasteiger partial charge in [-0.05, 0) is 61.0 Å². The van der Waals surface area contributed by atoms with E-state index in [-0.39, 0.29) is 29.4 Å². The summed E-state index contributed by atoms with van der Waals surface area (Å²) in [5.41, 5.74) is 1.87. The summed E-state index contributed by atoms with van der Waals surface area (Å²) in [5.74, 6) is 0.699. The molecule has 0 aromatic heterocycles. The van der Waals surface area contributed by atoms with E-state index < -0.39 is 20.5 Å². The molecule has 0 saturated heterocycles. The van der Waals surface area contributed by atoms with Crippen LogP contribution in [0.1, 0.15) is 77.8 Å². The topological polar surface area (TPSA) is 99.7 Å². The van der Waals surface area contributed by atoms with Crippen molar-refractivity contribution in [3.63, 3.8) is 0 Å². The number of aliphatic hydroxyl groups excluding tert-OH is 1. The SMILES string of the molecule is CCC1=C(C(=O)NC[C@@H](O)C2CCCCC2)C(c2cccc(O[Si](C)(C)C(C)(C)C)c2)NC(=O)N1. The minimum atomic E-state index is -2.05. The van der Waals surface area contributed by atoms with Crippen LogP contribution in [0.25, 0.3) is 0 Å². The zero-order chi connectivity index (χ0) is 25.8. The van der Waals surface area contributed by atoms with Crippen molar-refractivity contribution < 1.29 is 19.1 Å². The summed E-state index contributed by atoms with van der Waals surface area (Å²) in [6, 6.07) is 6.73. The number of carbonyl (C=O) groups is 2. The molecular formula is C27H43N3O4Si. The van der Waals surface area contributed by atoms with Crippen LogP contribution in [-0.4, -0.2) is 38.0 Å². The summed E-state index contributed by atoms with van der Waals surface area (Å²) in [4.78, 5) is 25.8. The Kier molecular flexibility index (Phi) is 8.70. The maximum Gasteiger partial charge on any atom is 0.319 e. The lowest BCUT2D eigenvalue weighted by Gasteiger charge is -2.37. The summed E-state index contributed by atoms with van der Waals surface area (Å²) >= 11 is 0. The van der Waals surface area contributed by atoms with Gasteiger partial charge in [0, 0.05) is 12.2 Å². The lowest BCUT2D eigenvalue weighted by Crippen LogP contribution is -2.48. The molecule has 1 heterocycles. The molecule has 3 rings (SSSR count). The average molecular weight is 502 g/mol. The summed E-state index contributed by atoms with van der Waals surface area (Å²) in [6.07, 6.45) is 5.43. The minimum Gasteiger partial charge on any atom is -0.543 e. The molecule has 1 fully saturated rings. The quantitative estimate of drug-likeness (QED) is 0.370. The van der Waals surface area contributed by atoms with Gasteiger partial charge in [-0.3, -0.25) is 4.79 Å². The second-order valence-electron chi connectivity index (χ2n) is 11.4. The van der Waals surface area contributed by atoms with E-state index in [2.05, 4.69) is 49.8 Å². The van der Waals surface area contributed by atoms with E-state index in [9.17, 15) is 14.7 Å². The second kappa shape index (κ2) is 11.2. The molecule has 8 heteroatoms. The van der Waals surface area contributed by atoms with Crippen molar-refractivity contribution >= 4 is 20.3 Å². The Bertz CT molecular complexity index is 948. The van der Waals surface area contributed by atoms with Gasteiger partial charge < -0.3 is 25.5 Å². The van der Waals surface area contributed by atoms with Crippen LogP contribution in [0.3, 0.4) is 0 Å². The molecule has 1 aliphatic carbocycles. The number of hydrogen-bond acceptors (Lipinski definition) is 4. The van der Waals surface area contributed by atoms with Gasteiger partial charge in [0.25, 0.3) is 5.91 Å². The van der Waals surface area contributed by atoms with Gasteiger partial charge in [-0.15, -0.1) is 0 Å². The molecule has 7 nitrogen and oxygen atoms in total. The van der Waals surface area contributed by atoms with Crippen LogP contribution in [0.2, 0.25) is 18.1 Å². The highest BCUT2D eigenvalue weighted by Crippen LogP contribution is 2.38. The summed E-state index contributed by atoms with van der Waals surface area (Å²) in [6.45, 7) is 13.1. The number of carbonyl (C=O) groups excluding carboxylic acids is 2. The predicted octanol–water partition coefficient (Wildman–Crippen LogP) is 5.15. The van der Waals surface area contributed by atoms with Crippen molar-refractivity contribution in [3.8, 4) is 5.75 Å². The van der Waals surface area contributed by atoms with Gasteiger partial charge in [-0.25, -0.2) is 4.79 Å². The summed E-state index contributed by atoms with van der Waals surface area (Å²) < 4.78 is 6.48. The molecule has 35 heavy (non-hydrogen) atoms. The van der Waals surface area contributed by atoms with E-state index in [1.54, 1.807) is 0 Å². The van der Waals surface area contributed by atoms with Gasteiger partial charge in [-0.2, -0.15) is 0 Å². The first-order valence-electron chi connectivity index (χ1n) is 13.0. The van der Waals surface area contributed by atoms with Crippen molar-refractivity contribution in [3.05, 3.63) is 41.1 Å². The van der Waals surface area contributed by atoms with Crippen molar-refractivity contribution in [2.24, 2.45) is 5.92 Å². The van der Waals surface area contributed by atoms with Gasteiger partial charge in [0.1, 0.15) is 5.75 Å². The highest BCUT2D eigenvalue weighted by Gasteiger charge is 2.39. The highest BCUT2D eigenvalue weighted by molar-refractivity contribution is 6.74. The number of rotatable bonds is 8. The van der Waals surface area contributed by atoms with Crippen LogP contribution in [0.4, 0.5) is 4.79 Å². The number of amides is 3. The van der Waals surface area contributed by atoms with E-state index in [1.807, 2.05) is 31.2 Å². The van der Waals surface area contributed by atoms with Gasteiger partial charge in [0.2, 0.25) is 8.32 Å². The Morgan fingerprint density at radius 2 is 1.91 bits per heavy atom. The van der Waals surface area contributed by atoms with Crippen LogP contribution in [0.15, 0.2) is 35.5 Å². The standard InChI is InChI=1S/C27H43N3O4Si/c1-7-21-23(25(32)28-17-22(31)18-12-9-8-10-13-18)24(30-26(33)29-21)19-14-11-15-20(16-19)34-35(5,6)27(2,3)4/h11,14-16,18,22,24,31H,7-10,12-13,17H2,1-6H3,(H,28,32)(H2,29,30,33)/t22-,24?/m1/s1. The second-order valence-corrected chi connectivity index (χ2v) is 16.1. The Morgan fingerprint density at radius 3 is 2.54 bits per heavy atom. The predicted molar refractivity (Wildman–Crippen MR) is 142 cm³/mol. The molecule has 1 saturated carbocycles. The molecule has 0 spiro atoms. The first-order valence-corrected chi connectivity index (χ1v) is 15.9. The normalized spacial score (nSPS) is 20.7. The van der Waals surface area contributed by atoms with Gasteiger partial charge in [-0.1, -0.05) is 59.1 Å². The van der Waals surface area contributed by atoms with Crippen LogP contribution < -0.4 is 20.4 Å². The van der Waals surface area contributed by atoms with Crippen LogP contribution >= 0.6 is 0 Å². The van der Waals surface area contributed by atoms with Gasteiger partial charge >= 0.3 is 6.03 Å². The summed E-state index contributed by atoms with van der Waals surface area (Å²) in [7, 11) is -2.05. The minimum absolute atomic E-state index is 0.0471. The van der Waals surface area contributed by atoms with E-state index in [0.29, 0.717) is 17.7 Å². The van der Waals surface area contributed by atoms with Crippen molar-refractivity contribution in [1.29, 1.82) is 0 Å². The largest absolute Gasteiger partial charge is 0.543 e. The molecule has 1 aromatic carbocycles. The Morgan fingerprint density at radius 1 is 1.23 bits per heavy atom. The van der Waals surface area contributed by atoms with Crippen LogP contribution in [0, 0.1) is 5.92 Å². The first kappa shape index (κ1) is 27.3. The fourth-order valence-electron chi connectivity index (χ4n) is 4.60. The number of urea groups is 1. The monoisotopic (exact) mass is 501 g/mol. The Labute approximate surface area is 211 Å². The number of hydrogen-bond donors (Lipinski definition) is 4. The molecule has 2 atom stereocenters. The Hall–Kier alpha value is -2.32. The lowest BCUT2D eigenvalue weighted by molar-refractivity contribution is -0.118. The van der Waals surface area contributed by atoms with Gasteiger partial charge in [0.05, 0.1) is 17.7 Å². The molecule has 4 N–H and O–H groups in total. The molecule has 1 aromatic rings. The molecule has 1 aliphatic heterocycles. The maximum absolute atomic E-state index is 13.4. The van der Waals surface area contributed by atoms with Gasteiger partial charge in [0.15, 0.2) is 0 Å². The fourth-order valence-corrected chi connectivity index (χ4v) is 5.62. The third-order valence-corrected chi connectivity index (χ3v) is 12.1. The first-order chi connectivity index (χ1) is 16.4. The van der Waals surface area contributed by atoms with E-state index in [1.165, 1.54) is 6.42 Å². The molecule has 3 amide bonds. The fraction of sp³-hybridized carbons (Fsp3) is 0.630. The zero-order valence-corrected chi connectivity index (χ0v) is 23.2. The molecule has 0 radical (unpaired) electrons. The molecule has 2 aliphatic rings. The van der Waals surface area contributed by atoms with Crippen LogP contribution in [0.5, 0.6) is 5.75 Å². The molecule has 0 bridgehead atoms. The van der Waals surface area contributed by atoms with Crippen molar-refractivity contribution in [2.45, 2.75) is 96.5 Å². The number of allylic oxidation sites excluding steroid dienone is 1. The van der Waals surface area contributed by atoms with E-state index in [0.717, 1.165) is 37.0 Å². The van der Waals surface area contributed by atoms with Crippen molar-refractivity contribution in [2.75, 3.05) is 6.54 Å². The number of nitrogens with one attached hydrogen (secondary N) is 3. The third kappa shape index (κ3) is 6.67. The third-order valence-electron chi connectivity index (χ3n) is 7.79. The number of benzene rings is 1. The zero-order valence-electron chi connectivity index (χ0n) is 22.2. The van der Waals surface area contributed by atoms with E-state index >= 15 is 0 Å². The lowest BCUT2D eigenvalue weighted by atomic mass is 9.85. The van der Waals surface area contributed by atoms with Crippen LogP contribution in [-0.2, 0) is 4.79 Å². The molecular weight excluding hydrogens is 458 g/mol. The van der Waals surface area contributed by atoms with Crippen molar-refractivity contribution in [1.82, 2.24) is 16.0 Å². The number of aliphatic hydroxyl groups is 1. The smallest absolute Gasteiger partial charge is 0.319 e. The van der Waals surface area contributed by atoms with E-state index in [4.69, 9.17) is 4.43 Å². The molecule has 194 valence electrons. The maximum atomic E-state index is 13.4. The average Bonchev–Trinajstić information content (AvgIpc) is 2.81. The molecule has 1 unspecified atom stereocenters. The summed E-state index contributed by atoms with van der Waals surface area (Å²) in [5, 5.41) is 19.4.